The lowest BCUT2D eigenvalue weighted by atomic mass is 10.0. The van der Waals surface area contributed by atoms with E-state index in [4.69, 9.17) is 0 Å². The SMILES string of the molecule is O=c1sc2cc(-c3cccc(N4CCS(=O)(=O)CC4)c3)ccc2n1CC1CC1(F)F. The lowest BCUT2D eigenvalue weighted by Crippen LogP contribution is -2.40. The third-order valence-corrected chi connectivity index (χ3v) is 8.47. The van der Waals surface area contributed by atoms with Crippen LogP contribution in [0.25, 0.3) is 21.3 Å². The number of halogens is 2. The average molecular weight is 451 g/mol. The summed E-state index contributed by atoms with van der Waals surface area (Å²) < 4.78 is 52.2. The molecule has 2 aromatic carbocycles. The van der Waals surface area contributed by atoms with Crippen LogP contribution in [-0.4, -0.2) is 43.5 Å². The van der Waals surface area contributed by atoms with E-state index in [1.54, 1.807) is 0 Å². The number of rotatable bonds is 4. The van der Waals surface area contributed by atoms with Gasteiger partial charge in [0.05, 0.1) is 21.7 Å². The van der Waals surface area contributed by atoms with Crippen LogP contribution in [-0.2, 0) is 16.4 Å². The minimum Gasteiger partial charge on any atom is -0.369 e. The molecule has 0 spiro atoms. The summed E-state index contributed by atoms with van der Waals surface area (Å²) >= 11 is 1.07. The number of thiazole rings is 1. The molecule has 0 amide bonds. The molecule has 1 aromatic heterocycles. The molecule has 2 aliphatic rings. The molecule has 2 fully saturated rings. The Bertz CT molecular complexity index is 1280. The van der Waals surface area contributed by atoms with Gasteiger partial charge in [0.1, 0.15) is 0 Å². The molecule has 1 aliphatic heterocycles. The van der Waals surface area contributed by atoms with Crippen LogP contribution in [0.2, 0.25) is 0 Å². The quantitative estimate of drug-likeness (QED) is 0.609. The molecule has 2 heterocycles. The van der Waals surface area contributed by atoms with Crippen molar-refractivity contribution in [2.45, 2.75) is 18.9 Å². The van der Waals surface area contributed by atoms with Crippen LogP contribution >= 0.6 is 11.3 Å². The van der Waals surface area contributed by atoms with E-state index < -0.39 is 21.7 Å². The number of hydrogen-bond acceptors (Lipinski definition) is 5. The van der Waals surface area contributed by atoms with E-state index in [0.717, 1.165) is 32.9 Å². The molecule has 1 saturated carbocycles. The van der Waals surface area contributed by atoms with Gasteiger partial charge in [-0.25, -0.2) is 17.2 Å². The second-order valence-electron chi connectivity index (χ2n) is 8.01. The van der Waals surface area contributed by atoms with Gasteiger partial charge in [-0.1, -0.05) is 29.5 Å². The number of anilines is 1. The summed E-state index contributed by atoms with van der Waals surface area (Å²) in [5.74, 6) is -3.09. The number of alkyl halides is 2. The maximum atomic E-state index is 13.3. The fourth-order valence-electron chi connectivity index (χ4n) is 3.96. The van der Waals surface area contributed by atoms with E-state index in [1.807, 2.05) is 42.5 Å². The van der Waals surface area contributed by atoms with Crippen molar-refractivity contribution in [3.05, 3.63) is 52.1 Å². The van der Waals surface area contributed by atoms with Gasteiger partial charge in [0.15, 0.2) is 9.84 Å². The zero-order chi connectivity index (χ0) is 21.1. The van der Waals surface area contributed by atoms with Crippen molar-refractivity contribution in [3.8, 4) is 11.1 Å². The van der Waals surface area contributed by atoms with Crippen LogP contribution < -0.4 is 9.77 Å². The topological polar surface area (TPSA) is 59.4 Å². The van der Waals surface area contributed by atoms with Gasteiger partial charge in [-0.2, -0.15) is 0 Å². The van der Waals surface area contributed by atoms with Crippen LogP contribution in [0.5, 0.6) is 0 Å². The molecule has 3 aromatic rings. The van der Waals surface area contributed by atoms with E-state index >= 15 is 0 Å². The van der Waals surface area contributed by atoms with Gasteiger partial charge in [0.2, 0.25) is 0 Å². The molecule has 158 valence electrons. The van der Waals surface area contributed by atoms with Gasteiger partial charge in [-0.05, 0) is 35.4 Å². The lowest BCUT2D eigenvalue weighted by Gasteiger charge is -2.29. The standard InChI is InChI=1S/C21H20F2N2O3S2/c22-21(23)12-16(21)13-25-18-5-4-15(11-19(18)29-20(25)26)14-2-1-3-17(10-14)24-6-8-30(27,28)9-7-24/h1-5,10-11,16H,6-9,12-13H2. The van der Waals surface area contributed by atoms with Crippen LogP contribution in [0.15, 0.2) is 47.3 Å². The maximum absolute atomic E-state index is 13.3. The van der Waals surface area contributed by atoms with E-state index in [0.29, 0.717) is 18.6 Å². The Morgan fingerprint density at radius 2 is 1.77 bits per heavy atom. The van der Waals surface area contributed by atoms with Crippen molar-refractivity contribution >= 4 is 37.1 Å². The van der Waals surface area contributed by atoms with Crippen molar-refractivity contribution in [1.82, 2.24) is 4.57 Å². The summed E-state index contributed by atoms with van der Waals surface area (Å²) in [6.07, 6.45) is -0.153. The van der Waals surface area contributed by atoms with E-state index in [9.17, 15) is 22.0 Å². The monoisotopic (exact) mass is 450 g/mol. The van der Waals surface area contributed by atoms with Gasteiger partial charge in [0.25, 0.3) is 5.92 Å². The van der Waals surface area contributed by atoms with Gasteiger partial charge in [-0.3, -0.25) is 9.36 Å². The van der Waals surface area contributed by atoms with E-state index in [2.05, 4.69) is 4.90 Å². The van der Waals surface area contributed by atoms with Crippen molar-refractivity contribution in [2.24, 2.45) is 5.92 Å². The minimum absolute atomic E-state index is 0.0541. The minimum atomic E-state index is -2.94. The van der Waals surface area contributed by atoms with Crippen LogP contribution in [0.3, 0.4) is 0 Å². The Labute approximate surface area is 176 Å². The van der Waals surface area contributed by atoms with Crippen LogP contribution in [0.4, 0.5) is 14.5 Å². The number of benzene rings is 2. The summed E-state index contributed by atoms with van der Waals surface area (Å²) in [7, 11) is -2.94. The fourth-order valence-corrected chi connectivity index (χ4v) is 6.10. The van der Waals surface area contributed by atoms with E-state index in [-0.39, 0.29) is 29.3 Å². The number of sulfone groups is 1. The Balaban J connectivity index is 1.43. The smallest absolute Gasteiger partial charge is 0.308 e. The van der Waals surface area contributed by atoms with Gasteiger partial charge >= 0.3 is 4.87 Å². The number of hydrogen-bond donors (Lipinski definition) is 0. The zero-order valence-electron chi connectivity index (χ0n) is 16.1. The van der Waals surface area contributed by atoms with Gasteiger partial charge in [-0.15, -0.1) is 0 Å². The Kier molecular flexibility index (Phi) is 4.52. The molecule has 30 heavy (non-hydrogen) atoms. The molecule has 9 heteroatoms. The summed E-state index contributed by atoms with van der Waals surface area (Å²) in [6, 6.07) is 13.5. The first-order valence-corrected chi connectivity index (χ1v) is 12.4. The van der Waals surface area contributed by atoms with E-state index in [1.165, 1.54) is 4.57 Å². The molecule has 1 aliphatic carbocycles. The second-order valence-corrected chi connectivity index (χ2v) is 11.3. The largest absolute Gasteiger partial charge is 0.369 e. The normalized spacial score (nSPS) is 22.3. The molecule has 5 rings (SSSR count). The summed E-state index contributed by atoms with van der Waals surface area (Å²) in [6.45, 7) is 1.00. The first-order chi connectivity index (χ1) is 14.2. The van der Waals surface area contributed by atoms with Gasteiger partial charge < -0.3 is 4.90 Å². The lowest BCUT2D eigenvalue weighted by molar-refractivity contribution is 0.0953. The number of fused-ring (bicyclic) bond motifs is 1. The molecule has 0 radical (unpaired) electrons. The third kappa shape index (κ3) is 3.65. The first kappa shape index (κ1) is 19.7. The molecule has 0 bridgehead atoms. The third-order valence-electron chi connectivity index (χ3n) is 5.92. The predicted octanol–water partition coefficient (Wildman–Crippen LogP) is 3.62. The van der Waals surface area contributed by atoms with Crippen molar-refractivity contribution in [2.75, 3.05) is 29.5 Å². The highest BCUT2D eigenvalue weighted by molar-refractivity contribution is 7.91. The van der Waals surface area contributed by atoms with Crippen molar-refractivity contribution < 1.29 is 17.2 Å². The molecule has 1 atom stereocenters. The predicted molar refractivity (Wildman–Crippen MR) is 115 cm³/mol. The average Bonchev–Trinajstić information content (AvgIpc) is 3.19. The van der Waals surface area contributed by atoms with Crippen LogP contribution in [0.1, 0.15) is 6.42 Å². The Morgan fingerprint density at radius 1 is 1.07 bits per heavy atom. The molecule has 5 nitrogen and oxygen atoms in total. The fraction of sp³-hybridized carbons (Fsp3) is 0.381. The summed E-state index contributed by atoms with van der Waals surface area (Å²) in [5, 5.41) is 0. The Hall–Kier alpha value is -2.26. The van der Waals surface area contributed by atoms with Crippen molar-refractivity contribution in [1.29, 1.82) is 0 Å². The molecular formula is C21H20F2N2O3S2. The molecule has 1 saturated heterocycles. The van der Waals surface area contributed by atoms with Gasteiger partial charge in [0, 0.05) is 37.7 Å². The second kappa shape index (κ2) is 6.88. The first-order valence-electron chi connectivity index (χ1n) is 9.79. The Morgan fingerprint density at radius 3 is 2.47 bits per heavy atom. The molecule has 1 unspecified atom stereocenters. The molecular weight excluding hydrogens is 430 g/mol. The number of nitrogens with zero attached hydrogens (tertiary/aromatic N) is 2. The van der Waals surface area contributed by atoms with Crippen LogP contribution in [0, 0.1) is 5.92 Å². The van der Waals surface area contributed by atoms with Crippen molar-refractivity contribution in [3.63, 3.8) is 0 Å². The number of aromatic nitrogens is 1. The highest BCUT2D eigenvalue weighted by Gasteiger charge is 2.56. The summed E-state index contributed by atoms with van der Waals surface area (Å²) in [5.41, 5.74) is 3.54. The zero-order valence-corrected chi connectivity index (χ0v) is 17.7. The highest BCUT2D eigenvalue weighted by atomic mass is 32.2. The highest BCUT2D eigenvalue weighted by Crippen LogP contribution is 2.49. The summed E-state index contributed by atoms with van der Waals surface area (Å²) in [4.78, 5) is 14.2. The maximum Gasteiger partial charge on any atom is 0.308 e. The molecule has 0 N–H and O–H groups in total.